The van der Waals surface area contributed by atoms with E-state index in [1.54, 1.807) is 6.07 Å². The minimum atomic E-state index is -0.637. The van der Waals surface area contributed by atoms with Gasteiger partial charge in [0.05, 0.1) is 0 Å². The molecule has 1 aromatic carbocycles. The van der Waals surface area contributed by atoms with Crippen LogP contribution in [-0.4, -0.2) is 11.9 Å². The molecule has 0 bridgehead atoms. The molecule has 1 aliphatic heterocycles. The van der Waals surface area contributed by atoms with E-state index >= 15 is 0 Å². The first-order valence-corrected chi connectivity index (χ1v) is 6.58. The van der Waals surface area contributed by atoms with Crippen LogP contribution in [0.25, 0.3) is 0 Å². The van der Waals surface area contributed by atoms with E-state index in [9.17, 15) is 9.59 Å². The molecule has 0 saturated carbocycles. The maximum Gasteiger partial charge on any atom is 0.307 e. The van der Waals surface area contributed by atoms with Crippen molar-refractivity contribution < 1.29 is 14.3 Å². The number of hydrogen-bond acceptors (Lipinski definition) is 3. The fourth-order valence-corrected chi connectivity index (χ4v) is 2.07. The molecule has 0 fully saturated rings. The number of hydrogen-bond donors (Lipinski definition) is 1. The Morgan fingerprint density at radius 2 is 2.16 bits per heavy atom. The lowest BCUT2D eigenvalue weighted by Gasteiger charge is -2.14. The molecule has 4 heteroatoms. The molecule has 4 nitrogen and oxygen atoms in total. The molecular weight excluding hydrogens is 242 g/mol. The van der Waals surface area contributed by atoms with E-state index in [1.807, 2.05) is 19.1 Å². The number of rotatable bonds is 4. The first-order valence-electron chi connectivity index (χ1n) is 6.58. The second-order valence-electron chi connectivity index (χ2n) is 5.37. The van der Waals surface area contributed by atoms with Crippen molar-refractivity contribution in [1.82, 2.24) is 5.32 Å². The van der Waals surface area contributed by atoms with E-state index in [4.69, 9.17) is 4.74 Å². The summed E-state index contributed by atoms with van der Waals surface area (Å²) in [6.45, 7) is 6.06. The summed E-state index contributed by atoms with van der Waals surface area (Å²) in [5.74, 6) is 0.00488. The van der Waals surface area contributed by atoms with Gasteiger partial charge >= 0.3 is 5.97 Å². The molecule has 1 amide bonds. The molecule has 1 aliphatic rings. The number of aryl methyl sites for hydroxylation is 1. The number of nitrogens with one attached hydrogen (secondary N) is 1. The Balaban J connectivity index is 2.06. The van der Waals surface area contributed by atoms with Crippen LogP contribution in [0.3, 0.4) is 0 Å². The summed E-state index contributed by atoms with van der Waals surface area (Å²) in [4.78, 5) is 23.5. The lowest BCUT2D eigenvalue weighted by molar-refractivity contribution is -0.150. The Labute approximate surface area is 113 Å². The van der Waals surface area contributed by atoms with Crippen LogP contribution in [0.2, 0.25) is 0 Å². The summed E-state index contributed by atoms with van der Waals surface area (Å²) in [5, 5.41) is 2.68. The monoisotopic (exact) mass is 261 g/mol. The number of amides is 1. The molecule has 0 spiro atoms. The van der Waals surface area contributed by atoms with Gasteiger partial charge in [0.15, 0.2) is 0 Å². The van der Waals surface area contributed by atoms with Gasteiger partial charge in [-0.25, -0.2) is 0 Å². The van der Waals surface area contributed by atoms with Gasteiger partial charge < -0.3 is 10.1 Å². The van der Waals surface area contributed by atoms with Crippen LogP contribution < -0.4 is 5.32 Å². The van der Waals surface area contributed by atoms with E-state index in [1.165, 1.54) is 0 Å². The van der Waals surface area contributed by atoms with E-state index in [0.717, 1.165) is 17.5 Å². The van der Waals surface area contributed by atoms with Crippen LogP contribution in [-0.2, 0) is 9.53 Å². The van der Waals surface area contributed by atoms with Crippen molar-refractivity contribution in [1.29, 1.82) is 0 Å². The number of esters is 1. The Morgan fingerprint density at radius 3 is 2.84 bits per heavy atom. The molecule has 0 saturated heterocycles. The van der Waals surface area contributed by atoms with Gasteiger partial charge in [-0.05, 0) is 31.4 Å². The summed E-state index contributed by atoms with van der Waals surface area (Å²) in [6, 6.07) is 5.52. The third-order valence-electron chi connectivity index (χ3n) is 3.17. The minimum absolute atomic E-state index is 0.184. The summed E-state index contributed by atoms with van der Waals surface area (Å²) in [7, 11) is 0. The maximum absolute atomic E-state index is 11.7. The summed E-state index contributed by atoms with van der Waals surface area (Å²) in [5.41, 5.74) is 2.38. The van der Waals surface area contributed by atoms with Crippen molar-refractivity contribution in [3.05, 3.63) is 34.9 Å². The van der Waals surface area contributed by atoms with Gasteiger partial charge in [-0.2, -0.15) is 0 Å². The van der Waals surface area contributed by atoms with Gasteiger partial charge in [0.25, 0.3) is 5.91 Å². The van der Waals surface area contributed by atoms with E-state index in [0.29, 0.717) is 17.9 Å². The number of carbonyl (C=O) groups excluding carboxylic acids is 2. The van der Waals surface area contributed by atoms with Crippen molar-refractivity contribution in [2.24, 2.45) is 5.92 Å². The van der Waals surface area contributed by atoms with E-state index in [-0.39, 0.29) is 11.9 Å². The summed E-state index contributed by atoms with van der Waals surface area (Å²) in [6.07, 6.45) is 0.535. The first kappa shape index (κ1) is 13.6. The predicted molar refractivity (Wildman–Crippen MR) is 71.6 cm³/mol. The fraction of sp³-hybridized carbons (Fsp3) is 0.467. The Hall–Kier alpha value is -1.84. The number of carbonyl (C=O) groups is 2. The third-order valence-corrected chi connectivity index (χ3v) is 3.17. The van der Waals surface area contributed by atoms with Crippen molar-refractivity contribution in [2.75, 3.05) is 0 Å². The molecule has 1 unspecified atom stereocenters. The first-order chi connectivity index (χ1) is 8.97. The zero-order valence-corrected chi connectivity index (χ0v) is 11.5. The van der Waals surface area contributed by atoms with Gasteiger partial charge in [0.2, 0.25) is 6.23 Å². The van der Waals surface area contributed by atoms with Crippen LogP contribution >= 0.6 is 0 Å². The highest BCUT2D eigenvalue weighted by molar-refractivity contribution is 5.99. The second kappa shape index (κ2) is 5.43. The number of ether oxygens (including phenoxy) is 1. The van der Waals surface area contributed by atoms with Crippen LogP contribution in [0.1, 0.15) is 54.4 Å². The zero-order chi connectivity index (χ0) is 14.0. The van der Waals surface area contributed by atoms with Gasteiger partial charge in [0, 0.05) is 17.5 Å². The standard InChI is InChI=1S/C15H19NO3/c1-9(2)4-7-13(17)19-15-12-8-10(3)5-6-11(12)14(18)16-15/h5-6,8-9,15H,4,7H2,1-3H3,(H,16,18). The van der Waals surface area contributed by atoms with Crippen molar-refractivity contribution in [3.63, 3.8) is 0 Å². The largest absolute Gasteiger partial charge is 0.437 e. The van der Waals surface area contributed by atoms with Crippen LogP contribution in [0, 0.1) is 12.8 Å². The fourth-order valence-electron chi connectivity index (χ4n) is 2.07. The number of benzene rings is 1. The van der Waals surface area contributed by atoms with Gasteiger partial charge in [-0.15, -0.1) is 0 Å². The number of fused-ring (bicyclic) bond motifs is 1. The van der Waals surface area contributed by atoms with Crippen LogP contribution in [0.5, 0.6) is 0 Å². The molecule has 102 valence electrons. The second-order valence-corrected chi connectivity index (χ2v) is 5.37. The normalized spacial score (nSPS) is 17.3. The van der Waals surface area contributed by atoms with Crippen molar-refractivity contribution >= 4 is 11.9 Å². The van der Waals surface area contributed by atoms with Gasteiger partial charge in [-0.3, -0.25) is 9.59 Å². The lowest BCUT2D eigenvalue weighted by Crippen LogP contribution is -2.23. The molecule has 1 aromatic rings. The molecule has 1 heterocycles. The molecule has 1 atom stereocenters. The average molecular weight is 261 g/mol. The summed E-state index contributed by atoms with van der Waals surface area (Å²) >= 11 is 0. The molecule has 0 aliphatic carbocycles. The quantitative estimate of drug-likeness (QED) is 0.848. The molecule has 0 radical (unpaired) electrons. The molecule has 0 aromatic heterocycles. The molecule has 19 heavy (non-hydrogen) atoms. The van der Waals surface area contributed by atoms with Gasteiger partial charge in [-0.1, -0.05) is 25.5 Å². The van der Waals surface area contributed by atoms with Crippen molar-refractivity contribution in [2.45, 2.75) is 39.8 Å². The topological polar surface area (TPSA) is 55.4 Å². The highest BCUT2D eigenvalue weighted by Crippen LogP contribution is 2.27. The van der Waals surface area contributed by atoms with Crippen LogP contribution in [0.15, 0.2) is 18.2 Å². The zero-order valence-electron chi connectivity index (χ0n) is 11.5. The lowest BCUT2D eigenvalue weighted by atomic mass is 10.1. The predicted octanol–water partition coefficient (Wildman–Crippen LogP) is 2.72. The minimum Gasteiger partial charge on any atom is -0.437 e. The van der Waals surface area contributed by atoms with E-state index < -0.39 is 6.23 Å². The van der Waals surface area contributed by atoms with Crippen molar-refractivity contribution in [3.8, 4) is 0 Å². The maximum atomic E-state index is 11.7. The summed E-state index contributed by atoms with van der Waals surface area (Å²) < 4.78 is 5.34. The highest BCUT2D eigenvalue weighted by Gasteiger charge is 2.31. The van der Waals surface area contributed by atoms with Gasteiger partial charge in [0.1, 0.15) is 0 Å². The Bertz CT molecular complexity index is 508. The Kier molecular flexibility index (Phi) is 3.88. The van der Waals surface area contributed by atoms with E-state index in [2.05, 4.69) is 19.2 Å². The Morgan fingerprint density at radius 1 is 1.42 bits per heavy atom. The smallest absolute Gasteiger partial charge is 0.307 e. The average Bonchev–Trinajstić information content (AvgIpc) is 2.63. The highest BCUT2D eigenvalue weighted by atomic mass is 16.6. The SMILES string of the molecule is Cc1ccc2c(c1)C(OC(=O)CCC(C)C)NC2=O. The molecular formula is C15H19NO3. The third kappa shape index (κ3) is 3.13. The molecule has 2 rings (SSSR count). The van der Waals surface area contributed by atoms with Crippen LogP contribution in [0.4, 0.5) is 0 Å². The molecule has 1 N–H and O–H groups in total.